The highest BCUT2D eigenvalue weighted by Gasteiger charge is 2.38. The first-order valence-corrected chi connectivity index (χ1v) is 11.5. The molecule has 0 saturated heterocycles. The summed E-state index contributed by atoms with van der Waals surface area (Å²) in [7, 11) is -3.20. The standard InChI is InChI=1S/C22H27O4P/c1-3-4-5-10-15-25-22(23)17(2)16-27(24)21-14-9-7-12-19(21)18-11-6-8-13-20(18)26-27/h6-9,11-14,17H,3-5,10,15-16H2,1-2H3. The molecule has 0 amide bonds. The van der Waals surface area contributed by atoms with Crippen LogP contribution < -0.4 is 9.83 Å². The van der Waals surface area contributed by atoms with Crippen LogP contribution in [0.1, 0.15) is 39.5 Å². The van der Waals surface area contributed by atoms with Crippen LogP contribution in [0.3, 0.4) is 0 Å². The van der Waals surface area contributed by atoms with Gasteiger partial charge in [-0.25, -0.2) is 0 Å². The molecule has 2 unspecified atom stereocenters. The number of carbonyl (C=O) groups is 1. The molecule has 1 aliphatic rings. The Balaban J connectivity index is 1.73. The van der Waals surface area contributed by atoms with Crippen molar-refractivity contribution in [3.8, 4) is 16.9 Å². The van der Waals surface area contributed by atoms with Gasteiger partial charge in [-0.15, -0.1) is 0 Å². The maximum absolute atomic E-state index is 13.7. The molecule has 0 fully saturated rings. The third-order valence-electron chi connectivity index (χ3n) is 4.85. The molecule has 0 radical (unpaired) electrons. The van der Waals surface area contributed by atoms with Crippen LogP contribution in [0.2, 0.25) is 0 Å². The lowest BCUT2D eigenvalue weighted by Gasteiger charge is -2.29. The SMILES string of the molecule is CCCCCCOC(=O)C(C)CP1(=O)Oc2ccccc2-c2ccccc21. The number of fused-ring (bicyclic) bond motifs is 3. The van der Waals surface area contributed by atoms with Crippen LogP contribution in [-0.2, 0) is 14.1 Å². The van der Waals surface area contributed by atoms with E-state index in [1.807, 2.05) is 48.5 Å². The summed E-state index contributed by atoms with van der Waals surface area (Å²) in [4.78, 5) is 12.4. The lowest BCUT2D eigenvalue weighted by Crippen LogP contribution is -2.26. The Hall–Kier alpha value is -2.06. The third-order valence-corrected chi connectivity index (χ3v) is 7.50. The van der Waals surface area contributed by atoms with Crippen LogP contribution in [0.5, 0.6) is 5.75 Å². The first-order chi connectivity index (χ1) is 13.0. The maximum atomic E-state index is 13.7. The van der Waals surface area contributed by atoms with Gasteiger partial charge in [-0.3, -0.25) is 9.36 Å². The van der Waals surface area contributed by atoms with Gasteiger partial charge in [-0.1, -0.05) is 69.5 Å². The minimum atomic E-state index is -3.20. The summed E-state index contributed by atoms with van der Waals surface area (Å²) in [6.45, 7) is 4.33. The number of unbranched alkanes of at least 4 members (excludes halogenated alkanes) is 3. The molecule has 3 rings (SSSR count). The van der Waals surface area contributed by atoms with E-state index in [9.17, 15) is 9.36 Å². The number of ether oxygens (including phenoxy) is 1. The van der Waals surface area contributed by atoms with Gasteiger partial charge in [0.1, 0.15) is 5.75 Å². The van der Waals surface area contributed by atoms with E-state index in [1.165, 1.54) is 0 Å². The Kier molecular flexibility index (Phi) is 6.38. The lowest BCUT2D eigenvalue weighted by molar-refractivity contribution is -0.147. The van der Waals surface area contributed by atoms with E-state index in [1.54, 1.807) is 6.92 Å². The van der Waals surface area contributed by atoms with Gasteiger partial charge in [0.25, 0.3) is 7.37 Å². The molecular formula is C22H27O4P. The van der Waals surface area contributed by atoms with Crippen molar-refractivity contribution in [2.24, 2.45) is 5.92 Å². The Morgan fingerprint density at radius 2 is 1.74 bits per heavy atom. The molecule has 2 atom stereocenters. The summed E-state index contributed by atoms with van der Waals surface area (Å²) >= 11 is 0. The number of esters is 1. The van der Waals surface area contributed by atoms with Crippen molar-refractivity contribution in [1.82, 2.24) is 0 Å². The van der Waals surface area contributed by atoms with Crippen LogP contribution in [0.25, 0.3) is 11.1 Å². The fraction of sp³-hybridized carbons (Fsp3) is 0.409. The molecule has 0 saturated carbocycles. The predicted molar refractivity (Wildman–Crippen MR) is 109 cm³/mol. The van der Waals surface area contributed by atoms with Crippen molar-refractivity contribution in [2.45, 2.75) is 39.5 Å². The number of benzene rings is 2. The molecule has 1 aliphatic heterocycles. The van der Waals surface area contributed by atoms with Gasteiger partial charge in [0, 0.05) is 5.56 Å². The van der Waals surface area contributed by atoms with Crippen molar-refractivity contribution >= 4 is 18.6 Å². The molecule has 0 spiro atoms. The molecule has 144 valence electrons. The van der Waals surface area contributed by atoms with Crippen LogP contribution in [0.15, 0.2) is 48.5 Å². The van der Waals surface area contributed by atoms with E-state index in [0.29, 0.717) is 17.7 Å². The molecule has 27 heavy (non-hydrogen) atoms. The Bertz CT molecular complexity index is 846. The summed E-state index contributed by atoms with van der Waals surface area (Å²) in [5, 5.41) is 0.686. The Morgan fingerprint density at radius 1 is 1.04 bits per heavy atom. The molecular weight excluding hydrogens is 359 g/mol. The highest BCUT2D eigenvalue weighted by molar-refractivity contribution is 7.67. The molecule has 0 aromatic heterocycles. The quantitative estimate of drug-likeness (QED) is 0.346. The summed E-state index contributed by atoms with van der Waals surface area (Å²) in [5.41, 5.74) is 1.86. The second-order valence-corrected chi connectivity index (χ2v) is 9.47. The smallest absolute Gasteiger partial charge is 0.309 e. The largest absolute Gasteiger partial charge is 0.465 e. The van der Waals surface area contributed by atoms with Crippen LogP contribution in [0.4, 0.5) is 0 Å². The summed E-state index contributed by atoms with van der Waals surface area (Å²) < 4.78 is 25.1. The molecule has 0 N–H and O–H groups in total. The highest BCUT2D eigenvalue weighted by atomic mass is 31.2. The van der Waals surface area contributed by atoms with Crippen molar-refractivity contribution in [3.63, 3.8) is 0 Å². The average molecular weight is 386 g/mol. The van der Waals surface area contributed by atoms with Gasteiger partial charge < -0.3 is 9.26 Å². The molecule has 1 heterocycles. The fourth-order valence-corrected chi connectivity index (χ4v) is 5.98. The van der Waals surface area contributed by atoms with Gasteiger partial charge in [-0.2, -0.15) is 0 Å². The summed E-state index contributed by atoms with van der Waals surface area (Å²) in [6.07, 6.45) is 4.37. The normalized spacial score (nSPS) is 18.7. The van der Waals surface area contributed by atoms with Gasteiger partial charge in [0.05, 0.1) is 24.0 Å². The third kappa shape index (κ3) is 4.44. The van der Waals surface area contributed by atoms with Crippen molar-refractivity contribution in [3.05, 3.63) is 48.5 Å². The zero-order chi connectivity index (χ0) is 19.3. The first kappa shape index (κ1) is 19.7. The molecule has 2 aromatic rings. The van der Waals surface area contributed by atoms with E-state index >= 15 is 0 Å². The second-order valence-electron chi connectivity index (χ2n) is 7.09. The van der Waals surface area contributed by atoms with Crippen molar-refractivity contribution < 1.29 is 18.6 Å². The monoisotopic (exact) mass is 386 g/mol. The molecule has 5 heteroatoms. The van der Waals surface area contributed by atoms with Crippen LogP contribution in [0, 0.1) is 5.92 Å². The highest BCUT2D eigenvalue weighted by Crippen LogP contribution is 2.55. The maximum Gasteiger partial charge on any atom is 0.309 e. The number of hydrogen-bond donors (Lipinski definition) is 0. The number of rotatable bonds is 8. The summed E-state index contributed by atoms with van der Waals surface area (Å²) in [5.74, 6) is -0.179. The van der Waals surface area contributed by atoms with Gasteiger partial charge >= 0.3 is 5.97 Å². The van der Waals surface area contributed by atoms with E-state index in [4.69, 9.17) is 9.26 Å². The number of carbonyl (C=O) groups excluding carboxylic acids is 1. The minimum absolute atomic E-state index is 0.145. The van der Waals surface area contributed by atoms with Crippen molar-refractivity contribution in [1.29, 1.82) is 0 Å². The second kappa shape index (κ2) is 8.75. The van der Waals surface area contributed by atoms with E-state index < -0.39 is 13.3 Å². The lowest BCUT2D eigenvalue weighted by atomic mass is 10.0. The topological polar surface area (TPSA) is 52.6 Å². The van der Waals surface area contributed by atoms with E-state index in [2.05, 4.69) is 6.92 Å². The van der Waals surface area contributed by atoms with Crippen LogP contribution in [-0.4, -0.2) is 18.7 Å². The van der Waals surface area contributed by atoms with E-state index in [0.717, 1.165) is 36.8 Å². The zero-order valence-electron chi connectivity index (χ0n) is 16.0. The van der Waals surface area contributed by atoms with Crippen molar-refractivity contribution in [2.75, 3.05) is 12.8 Å². The van der Waals surface area contributed by atoms with Gasteiger partial charge in [0.15, 0.2) is 0 Å². The zero-order valence-corrected chi connectivity index (χ0v) is 16.9. The molecule has 2 aromatic carbocycles. The average Bonchev–Trinajstić information content (AvgIpc) is 2.68. The number of hydrogen-bond acceptors (Lipinski definition) is 4. The molecule has 4 nitrogen and oxygen atoms in total. The fourth-order valence-electron chi connectivity index (χ4n) is 3.39. The predicted octanol–water partition coefficient (Wildman–Crippen LogP) is 5.41. The van der Waals surface area contributed by atoms with Gasteiger partial charge in [-0.05, 0) is 24.1 Å². The molecule has 0 aliphatic carbocycles. The summed E-state index contributed by atoms with van der Waals surface area (Å²) in [6, 6.07) is 15.2. The number of para-hydroxylation sites is 1. The van der Waals surface area contributed by atoms with Crippen LogP contribution >= 0.6 is 7.37 Å². The first-order valence-electron chi connectivity index (χ1n) is 9.69. The Morgan fingerprint density at radius 3 is 2.52 bits per heavy atom. The van der Waals surface area contributed by atoms with Gasteiger partial charge in [0.2, 0.25) is 0 Å². The Labute approximate surface area is 161 Å². The molecule has 0 bridgehead atoms. The van der Waals surface area contributed by atoms with E-state index in [-0.39, 0.29) is 12.1 Å². The minimum Gasteiger partial charge on any atom is -0.465 e.